The van der Waals surface area contributed by atoms with Crippen molar-refractivity contribution in [1.82, 2.24) is 15.0 Å². The van der Waals surface area contributed by atoms with Crippen molar-refractivity contribution in [3.05, 3.63) is 120 Å². The van der Waals surface area contributed by atoms with E-state index >= 15 is 0 Å². The highest BCUT2D eigenvalue weighted by atomic mass is 35.5. The van der Waals surface area contributed by atoms with Gasteiger partial charge in [0.25, 0.3) is 0 Å². The first kappa shape index (κ1) is 22.5. The zero-order chi connectivity index (χ0) is 21.8. The number of benzene rings is 4. The van der Waals surface area contributed by atoms with Crippen LogP contribution in [0.1, 0.15) is 5.56 Å². The number of hydrogen-bond acceptors (Lipinski definition) is 3. The van der Waals surface area contributed by atoms with Crippen LogP contribution in [0, 0.1) is 0 Å². The number of rotatable bonds is 6. The number of hydrogen-bond donors (Lipinski definition) is 0. The third kappa shape index (κ3) is 5.22. The van der Waals surface area contributed by atoms with Gasteiger partial charge in [-0.15, -0.1) is 0 Å². The molecule has 0 bridgehead atoms. The monoisotopic (exact) mass is 474 g/mol. The van der Waals surface area contributed by atoms with Crippen LogP contribution in [0.5, 0.6) is 5.75 Å². The van der Waals surface area contributed by atoms with Crippen molar-refractivity contribution >= 4 is 11.6 Å². The Labute approximate surface area is 203 Å². The van der Waals surface area contributed by atoms with Gasteiger partial charge in [0, 0.05) is 9.82 Å². The molecule has 0 atom stereocenters. The van der Waals surface area contributed by atoms with E-state index in [1.54, 1.807) is 9.59 Å². The summed E-state index contributed by atoms with van der Waals surface area (Å²) in [6.07, 6.45) is 0. The molecule has 0 spiro atoms. The Morgan fingerprint density at radius 3 is 2.18 bits per heavy atom. The van der Waals surface area contributed by atoms with E-state index in [2.05, 4.69) is 0 Å². The highest BCUT2D eigenvalue weighted by molar-refractivity contribution is 6.30. The second-order valence-electron chi connectivity index (χ2n) is 7.22. The first-order chi connectivity index (χ1) is 15.8. The molecule has 5 aromatic rings. The van der Waals surface area contributed by atoms with Gasteiger partial charge in [0.2, 0.25) is 0 Å². The standard InChI is InChI=1S/C26H20ClN4O.ClH/c27-22-10-7-13-24(18-22)31-29-26(28-30(31)23-11-5-2-6-12-23)21-14-16-25(17-15-21)32-19-20-8-3-1-4-9-20;/h1-18H,19H2;1H/q+1;/p-1. The van der Waals surface area contributed by atoms with Crippen LogP contribution in [-0.2, 0) is 6.61 Å². The third-order valence-electron chi connectivity index (χ3n) is 4.95. The van der Waals surface area contributed by atoms with Crippen LogP contribution in [0.3, 0.4) is 0 Å². The summed E-state index contributed by atoms with van der Waals surface area (Å²) in [4.78, 5) is 3.51. The molecule has 164 valence electrons. The summed E-state index contributed by atoms with van der Waals surface area (Å²) in [6.45, 7) is 0.524. The quantitative estimate of drug-likeness (QED) is 0.355. The molecule has 0 radical (unpaired) electrons. The van der Waals surface area contributed by atoms with Crippen LogP contribution in [-0.4, -0.2) is 15.0 Å². The van der Waals surface area contributed by atoms with Crippen LogP contribution in [0.15, 0.2) is 109 Å². The van der Waals surface area contributed by atoms with Gasteiger partial charge in [0.15, 0.2) is 5.69 Å². The van der Waals surface area contributed by atoms with Crippen molar-refractivity contribution in [1.29, 1.82) is 0 Å². The second-order valence-corrected chi connectivity index (χ2v) is 7.65. The van der Waals surface area contributed by atoms with Crippen molar-refractivity contribution in [3.63, 3.8) is 0 Å². The molecule has 0 saturated carbocycles. The lowest BCUT2D eigenvalue weighted by molar-refractivity contribution is -0.734. The molecule has 0 aliphatic rings. The lowest BCUT2D eigenvalue weighted by atomic mass is 10.2. The molecule has 33 heavy (non-hydrogen) atoms. The van der Waals surface area contributed by atoms with Crippen LogP contribution < -0.4 is 21.9 Å². The maximum absolute atomic E-state index is 6.22. The fourth-order valence-corrected chi connectivity index (χ4v) is 3.52. The van der Waals surface area contributed by atoms with Crippen molar-refractivity contribution < 1.29 is 21.9 Å². The highest BCUT2D eigenvalue weighted by Gasteiger charge is 2.23. The van der Waals surface area contributed by atoms with Gasteiger partial charge >= 0.3 is 5.82 Å². The number of para-hydroxylation sites is 1. The van der Waals surface area contributed by atoms with E-state index in [4.69, 9.17) is 26.5 Å². The third-order valence-corrected chi connectivity index (χ3v) is 5.18. The van der Waals surface area contributed by atoms with Gasteiger partial charge in [-0.1, -0.05) is 66.2 Å². The summed E-state index contributed by atoms with van der Waals surface area (Å²) in [5.41, 5.74) is 3.74. The fraction of sp³-hybridized carbons (Fsp3) is 0.0385. The molecular formula is C26H20Cl2N4O. The van der Waals surface area contributed by atoms with Gasteiger partial charge in [-0.3, -0.25) is 0 Å². The summed E-state index contributed by atoms with van der Waals surface area (Å²) in [6, 6.07) is 35.3. The fourth-order valence-electron chi connectivity index (χ4n) is 3.34. The Morgan fingerprint density at radius 2 is 1.48 bits per heavy atom. The van der Waals surface area contributed by atoms with Crippen molar-refractivity contribution in [3.8, 4) is 28.5 Å². The molecular weight excluding hydrogens is 455 g/mol. The molecule has 0 amide bonds. The van der Waals surface area contributed by atoms with Crippen molar-refractivity contribution in [2.75, 3.05) is 0 Å². The molecule has 0 aliphatic heterocycles. The smallest absolute Gasteiger partial charge is 0.340 e. The number of tetrazole rings is 1. The normalized spacial score (nSPS) is 10.5. The van der Waals surface area contributed by atoms with E-state index in [0.717, 1.165) is 28.3 Å². The van der Waals surface area contributed by atoms with E-state index in [0.29, 0.717) is 17.5 Å². The lowest BCUT2D eigenvalue weighted by Crippen LogP contribution is -3.00. The van der Waals surface area contributed by atoms with E-state index in [1.807, 2.05) is 109 Å². The SMILES string of the molecule is Clc1cccc(-n2nc(-c3ccc(OCc4ccccc4)cc3)n[n+]2-c2ccccc2)c1.[Cl-]. The maximum Gasteiger partial charge on any atom is 0.340 e. The molecule has 0 unspecified atom stereocenters. The van der Waals surface area contributed by atoms with Gasteiger partial charge in [-0.25, -0.2) is 0 Å². The van der Waals surface area contributed by atoms with Crippen LogP contribution in [0.4, 0.5) is 0 Å². The Balaban J connectivity index is 0.00000259. The van der Waals surface area contributed by atoms with Crippen molar-refractivity contribution in [2.24, 2.45) is 0 Å². The van der Waals surface area contributed by atoms with Gasteiger partial charge in [0.05, 0.1) is 10.7 Å². The summed E-state index contributed by atoms with van der Waals surface area (Å²) >= 11 is 6.22. The maximum atomic E-state index is 6.22. The van der Waals surface area contributed by atoms with E-state index in [-0.39, 0.29) is 12.4 Å². The number of ether oxygens (including phenoxy) is 1. The minimum absolute atomic E-state index is 0. The Bertz CT molecular complexity index is 1320. The number of halogens is 2. The van der Waals surface area contributed by atoms with Gasteiger partial charge in [0.1, 0.15) is 18.0 Å². The molecule has 0 N–H and O–H groups in total. The van der Waals surface area contributed by atoms with Crippen LogP contribution in [0.25, 0.3) is 22.8 Å². The molecule has 5 rings (SSSR count). The molecule has 0 aliphatic carbocycles. The zero-order valence-electron chi connectivity index (χ0n) is 17.6. The average Bonchev–Trinajstić information content (AvgIpc) is 3.30. The van der Waals surface area contributed by atoms with E-state index in [1.165, 1.54) is 0 Å². The summed E-state index contributed by atoms with van der Waals surface area (Å²) in [5.74, 6) is 1.39. The Hall–Kier alpha value is -3.67. The summed E-state index contributed by atoms with van der Waals surface area (Å²) in [7, 11) is 0. The second kappa shape index (κ2) is 10.3. The molecule has 4 aromatic carbocycles. The van der Waals surface area contributed by atoms with Gasteiger partial charge in [-0.05, 0) is 70.1 Å². The van der Waals surface area contributed by atoms with Gasteiger partial charge in [-0.2, -0.15) is 0 Å². The molecule has 0 fully saturated rings. The topological polar surface area (TPSA) is 43.8 Å². The highest BCUT2D eigenvalue weighted by Crippen LogP contribution is 2.21. The van der Waals surface area contributed by atoms with Gasteiger partial charge < -0.3 is 17.1 Å². The molecule has 1 aromatic heterocycles. The molecule has 0 saturated heterocycles. The zero-order valence-corrected chi connectivity index (χ0v) is 19.1. The average molecular weight is 475 g/mol. The molecule has 5 nitrogen and oxygen atoms in total. The summed E-state index contributed by atoms with van der Waals surface area (Å²) in [5, 5.41) is 10.2. The van der Waals surface area contributed by atoms with E-state index < -0.39 is 0 Å². The largest absolute Gasteiger partial charge is 1.00 e. The predicted molar refractivity (Wildman–Crippen MR) is 124 cm³/mol. The van der Waals surface area contributed by atoms with Crippen LogP contribution >= 0.6 is 11.6 Å². The minimum Gasteiger partial charge on any atom is -1.00 e. The van der Waals surface area contributed by atoms with E-state index in [9.17, 15) is 0 Å². The molecule has 1 heterocycles. The van der Waals surface area contributed by atoms with Crippen molar-refractivity contribution in [2.45, 2.75) is 6.61 Å². The summed E-state index contributed by atoms with van der Waals surface area (Å²) < 4.78 is 5.90. The Morgan fingerprint density at radius 1 is 0.788 bits per heavy atom. The predicted octanol–water partition coefficient (Wildman–Crippen LogP) is 2.45. The molecule has 7 heteroatoms. The first-order valence-corrected chi connectivity index (χ1v) is 10.6. The minimum atomic E-state index is 0. The van der Waals surface area contributed by atoms with Crippen LogP contribution in [0.2, 0.25) is 5.02 Å². The number of aromatic nitrogens is 4. The Kier molecular flexibility index (Phi) is 7.03. The first-order valence-electron chi connectivity index (χ1n) is 10.2. The lowest BCUT2D eigenvalue weighted by Gasteiger charge is -2.05. The number of nitrogens with zero attached hydrogens (tertiary/aromatic N) is 4.